The third-order valence-corrected chi connectivity index (χ3v) is 6.79. The van der Waals surface area contributed by atoms with Gasteiger partial charge in [0.05, 0.1) is 11.4 Å². The number of cyclic esters (lactones) is 1. The number of hydrogen-bond donors (Lipinski definition) is 0. The summed E-state index contributed by atoms with van der Waals surface area (Å²) in [5.74, 6) is -0.346. The first-order valence-electron chi connectivity index (χ1n) is 12.0. The normalized spacial score (nSPS) is 19.6. The van der Waals surface area contributed by atoms with Crippen LogP contribution in [0.15, 0.2) is 72.3 Å². The molecule has 9 heteroatoms. The summed E-state index contributed by atoms with van der Waals surface area (Å²) in [4.78, 5) is 13.2. The second-order valence-corrected chi connectivity index (χ2v) is 10.4. The van der Waals surface area contributed by atoms with Crippen LogP contribution in [0.5, 0.6) is 11.5 Å². The summed E-state index contributed by atoms with van der Waals surface area (Å²) in [5, 5.41) is 7.46. The van der Waals surface area contributed by atoms with E-state index in [2.05, 4.69) is 6.58 Å². The van der Waals surface area contributed by atoms with Gasteiger partial charge in [0, 0.05) is 42.1 Å². The molecule has 38 heavy (non-hydrogen) atoms. The largest absolute Gasteiger partial charge is 0.454 e. The number of anilines is 1. The molecule has 0 aromatic heterocycles. The number of aryl methyl sites for hydroxylation is 1. The third kappa shape index (κ3) is 4.97. The predicted octanol–water partition coefficient (Wildman–Crippen LogP) is 7.09. The lowest BCUT2D eigenvalue weighted by atomic mass is 9.91. The number of nitrogens with zero attached hydrogens (tertiary/aromatic N) is 2. The average molecular weight is 553 g/mol. The summed E-state index contributed by atoms with van der Waals surface area (Å²) in [6.45, 7) is 9.81. The van der Waals surface area contributed by atoms with Crippen molar-refractivity contribution in [3.8, 4) is 11.5 Å². The SMILES string of the molecule is C=C(c1ccc2c(c1)OCO2)N(/N=C/CC1(c2cccc(Cl)c2)OC(C)(C)OC1=O)c1cc(Cl)ccc1C. The van der Waals surface area contributed by atoms with Crippen molar-refractivity contribution in [3.05, 3.63) is 94.0 Å². The lowest BCUT2D eigenvalue weighted by Gasteiger charge is -2.27. The minimum Gasteiger partial charge on any atom is -0.454 e. The standard InChI is InChI=1S/C29H26Cl2N2O5/c1-18-8-10-23(31)16-24(18)33(19(2)20-9-11-25-26(14-20)36-17-35-25)32-13-12-29(21-6-5-7-22(30)15-21)27(34)37-28(3,4)38-29/h5-11,13-16H,2,12,17H2,1,3-4H3/b32-13+. The zero-order chi connectivity index (χ0) is 27.1. The maximum Gasteiger partial charge on any atom is 0.346 e. The summed E-state index contributed by atoms with van der Waals surface area (Å²) in [5.41, 5.74) is 2.14. The van der Waals surface area contributed by atoms with Gasteiger partial charge in [-0.25, -0.2) is 9.80 Å². The topological polar surface area (TPSA) is 69.6 Å². The van der Waals surface area contributed by atoms with Gasteiger partial charge < -0.3 is 18.9 Å². The van der Waals surface area contributed by atoms with Gasteiger partial charge in [-0.2, -0.15) is 5.10 Å². The predicted molar refractivity (Wildman–Crippen MR) is 148 cm³/mol. The number of fused-ring (bicyclic) bond motifs is 1. The zero-order valence-electron chi connectivity index (χ0n) is 21.2. The Morgan fingerprint density at radius 1 is 1.05 bits per heavy atom. The third-order valence-electron chi connectivity index (χ3n) is 6.32. The molecule has 0 spiro atoms. The molecule has 1 atom stereocenters. The van der Waals surface area contributed by atoms with Gasteiger partial charge in [-0.15, -0.1) is 0 Å². The molecule has 2 heterocycles. The molecule has 0 N–H and O–H groups in total. The Kier molecular flexibility index (Phi) is 6.86. The maximum atomic E-state index is 13.2. The van der Waals surface area contributed by atoms with E-state index in [0.29, 0.717) is 32.8 Å². The smallest absolute Gasteiger partial charge is 0.346 e. The van der Waals surface area contributed by atoms with Crippen LogP contribution >= 0.6 is 23.2 Å². The van der Waals surface area contributed by atoms with Crippen LogP contribution in [0.3, 0.4) is 0 Å². The minimum atomic E-state index is -1.42. The minimum absolute atomic E-state index is 0.0835. The van der Waals surface area contributed by atoms with E-state index in [1.807, 2.05) is 43.3 Å². The van der Waals surface area contributed by atoms with Gasteiger partial charge in [0.15, 0.2) is 17.1 Å². The van der Waals surface area contributed by atoms with Crippen LogP contribution in [0.25, 0.3) is 5.70 Å². The molecular formula is C29H26Cl2N2O5. The van der Waals surface area contributed by atoms with E-state index >= 15 is 0 Å². The molecule has 0 saturated carbocycles. The van der Waals surface area contributed by atoms with E-state index in [9.17, 15) is 4.79 Å². The van der Waals surface area contributed by atoms with E-state index in [1.54, 1.807) is 49.3 Å². The van der Waals surface area contributed by atoms with Crippen molar-refractivity contribution >= 4 is 46.8 Å². The number of hydrogen-bond acceptors (Lipinski definition) is 7. The van der Waals surface area contributed by atoms with Crippen LogP contribution < -0.4 is 14.5 Å². The average Bonchev–Trinajstić information content (AvgIpc) is 3.44. The molecule has 3 aromatic rings. The number of benzene rings is 3. The second-order valence-electron chi connectivity index (χ2n) is 9.49. The van der Waals surface area contributed by atoms with Crippen molar-refractivity contribution in [1.29, 1.82) is 0 Å². The number of esters is 1. The van der Waals surface area contributed by atoms with Gasteiger partial charge in [0.1, 0.15) is 0 Å². The van der Waals surface area contributed by atoms with Crippen LogP contribution in [0.2, 0.25) is 10.0 Å². The van der Waals surface area contributed by atoms with Gasteiger partial charge >= 0.3 is 5.97 Å². The van der Waals surface area contributed by atoms with E-state index in [0.717, 1.165) is 16.8 Å². The number of hydrazone groups is 1. The van der Waals surface area contributed by atoms with Crippen LogP contribution in [-0.2, 0) is 19.9 Å². The van der Waals surface area contributed by atoms with Crippen LogP contribution in [0.4, 0.5) is 5.69 Å². The zero-order valence-corrected chi connectivity index (χ0v) is 22.7. The molecule has 1 unspecified atom stereocenters. The van der Waals surface area contributed by atoms with Crippen molar-refractivity contribution < 1.29 is 23.7 Å². The fraction of sp³-hybridized carbons (Fsp3) is 0.241. The monoisotopic (exact) mass is 552 g/mol. The van der Waals surface area contributed by atoms with Crippen molar-refractivity contribution in [2.45, 2.75) is 38.6 Å². The molecule has 1 fully saturated rings. The van der Waals surface area contributed by atoms with Crippen molar-refractivity contribution in [1.82, 2.24) is 0 Å². The summed E-state index contributed by atoms with van der Waals surface area (Å²) >= 11 is 12.6. The summed E-state index contributed by atoms with van der Waals surface area (Å²) in [6, 6.07) is 18.1. The quantitative estimate of drug-likeness (QED) is 0.177. The molecular weight excluding hydrogens is 527 g/mol. The first-order chi connectivity index (χ1) is 18.1. The fourth-order valence-corrected chi connectivity index (χ4v) is 4.84. The molecule has 0 aliphatic carbocycles. The number of carbonyl (C=O) groups excluding carboxylic acids is 1. The summed E-state index contributed by atoms with van der Waals surface area (Å²) < 4.78 is 22.7. The van der Waals surface area contributed by atoms with E-state index < -0.39 is 17.4 Å². The molecule has 196 valence electrons. The number of carbonyl (C=O) groups is 1. The van der Waals surface area contributed by atoms with Crippen molar-refractivity contribution in [2.75, 3.05) is 11.8 Å². The second kappa shape index (κ2) is 9.98. The molecule has 1 saturated heterocycles. The van der Waals surface area contributed by atoms with E-state index in [4.69, 9.17) is 47.3 Å². The Labute approximate surface area is 231 Å². The summed E-state index contributed by atoms with van der Waals surface area (Å²) in [7, 11) is 0. The maximum absolute atomic E-state index is 13.2. The van der Waals surface area contributed by atoms with Gasteiger partial charge in [0.25, 0.3) is 0 Å². The first-order valence-corrected chi connectivity index (χ1v) is 12.7. The molecule has 0 amide bonds. The summed E-state index contributed by atoms with van der Waals surface area (Å²) in [6.07, 6.45) is 1.70. The van der Waals surface area contributed by atoms with Crippen LogP contribution in [0, 0.1) is 6.92 Å². The number of rotatable bonds is 7. The Morgan fingerprint density at radius 2 is 1.82 bits per heavy atom. The highest BCUT2D eigenvalue weighted by Gasteiger charge is 2.55. The fourth-order valence-electron chi connectivity index (χ4n) is 4.48. The lowest BCUT2D eigenvalue weighted by molar-refractivity contribution is -0.166. The molecule has 2 aliphatic heterocycles. The molecule has 7 nitrogen and oxygen atoms in total. The first kappa shape index (κ1) is 26.1. The Morgan fingerprint density at radius 3 is 2.55 bits per heavy atom. The molecule has 3 aromatic carbocycles. The highest BCUT2D eigenvalue weighted by molar-refractivity contribution is 6.31. The Balaban J connectivity index is 1.53. The van der Waals surface area contributed by atoms with E-state index in [-0.39, 0.29) is 13.2 Å². The molecule has 5 rings (SSSR count). The van der Waals surface area contributed by atoms with Gasteiger partial charge in [-0.3, -0.25) is 0 Å². The van der Waals surface area contributed by atoms with Crippen molar-refractivity contribution in [3.63, 3.8) is 0 Å². The highest BCUT2D eigenvalue weighted by Crippen LogP contribution is 2.43. The van der Waals surface area contributed by atoms with Crippen molar-refractivity contribution in [2.24, 2.45) is 5.10 Å². The van der Waals surface area contributed by atoms with Crippen LogP contribution in [-0.4, -0.2) is 24.8 Å². The molecule has 0 bridgehead atoms. The van der Waals surface area contributed by atoms with Gasteiger partial charge in [-0.1, -0.05) is 48.0 Å². The lowest BCUT2D eigenvalue weighted by Crippen LogP contribution is -2.35. The van der Waals surface area contributed by atoms with Gasteiger partial charge in [0.2, 0.25) is 12.6 Å². The molecule has 0 radical (unpaired) electrons. The number of ether oxygens (including phenoxy) is 4. The molecule has 2 aliphatic rings. The van der Waals surface area contributed by atoms with Crippen LogP contribution in [0.1, 0.15) is 37.0 Å². The number of halogens is 2. The Bertz CT molecular complexity index is 1450. The Hall–Kier alpha value is -3.52. The van der Waals surface area contributed by atoms with E-state index in [1.165, 1.54) is 0 Å². The van der Waals surface area contributed by atoms with Gasteiger partial charge in [-0.05, 0) is 60.5 Å². The highest BCUT2D eigenvalue weighted by atomic mass is 35.5.